The largest absolute Gasteiger partial charge is 0.385 e. The first kappa shape index (κ1) is 15.7. The van der Waals surface area contributed by atoms with Crippen LogP contribution in [0, 0.1) is 0 Å². The summed E-state index contributed by atoms with van der Waals surface area (Å²) < 4.78 is 11.2. The minimum Gasteiger partial charge on any atom is -0.385 e. The summed E-state index contributed by atoms with van der Waals surface area (Å²) in [5.74, 6) is 0. The Kier molecular flexibility index (Phi) is 6.95. The molecule has 0 aromatic rings. The second kappa shape index (κ2) is 7.96. The highest BCUT2D eigenvalue weighted by Gasteiger charge is 2.35. The van der Waals surface area contributed by atoms with E-state index in [-0.39, 0.29) is 5.60 Å². The molecule has 1 aliphatic rings. The fourth-order valence-corrected chi connectivity index (χ4v) is 2.80. The Morgan fingerprint density at radius 3 is 2.50 bits per heavy atom. The normalized spacial score (nSPS) is 24.9. The minimum absolute atomic E-state index is 0.0299. The molecule has 18 heavy (non-hydrogen) atoms. The second-order valence-electron chi connectivity index (χ2n) is 5.82. The first-order chi connectivity index (χ1) is 8.60. The molecule has 0 aliphatic carbocycles. The molecule has 0 spiro atoms. The van der Waals surface area contributed by atoms with Gasteiger partial charge in [0.05, 0.1) is 11.7 Å². The number of methoxy groups -OCH3 is 1. The van der Waals surface area contributed by atoms with Gasteiger partial charge in [0.2, 0.25) is 0 Å². The summed E-state index contributed by atoms with van der Waals surface area (Å²) in [5, 5.41) is 0. The van der Waals surface area contributed by atoms with Crippen LogP contribution in [-0.4, -0.2) is 25.4 Å². The molecule has 1 rings (SSSR count). The summed E-state index contributed by atoms with van der Waals surface area (Å²) in [5.41, 5.74) is 1.44. The van der Waals surface area contributed by atoms with E-state index in [1.165, 1.54) is 44.1 Å². The Morgan fingerprint density at radius 1 is 1.22 bits per heavy atom. The van der Waals surface area contributed by atoms with E-state index in [0.29, 0.717) is 6.10 Å². The molecular formula is C16H30O2. The second-order valence-corrected chi connectivity index (χ2v) is 5.82. The Morgan fingerprint density at radius 2 is 1.89 bits per heavy atom. The molecule has 2 heteroatoms. The summed E-state index contributed by atoms with van der Waals surface area (Å²) >= 11 is 0. The molecule has 2 nitrogen and oxygen atoms in total. The Labute approximate surface area is 113 Å². The molecule has 0 aromatic carbocycles. The lowest BCUT2D eigenvalue weighted by Gasteiger charge is -2.20. The van der Waals surface area contributed by atoms with E-state index in [1.54, 1.807) is 7.11 Å². The van der Waals surface area contributed by atoms with E-state index in [2.05, 4.69) is 26.8 Å². The molecule has 1 atom stereocenters. The van der Waals surface area contributed by atoms with Crippen LogP contribution in [0.1, 0.15) is 65.7 Å². The molecule has 0 amide bonds. The van der Waals surface area contributed by atoms with Crippen LogP contribution in [0.3, 0.4) is 0 Å². The minimum atomic E-state index is -0.0299. The fourth-order valence-electron chi connectivity index (χ4n) is 2.80. The number of hydrogen-bond acceptors (Lipinski definition) is 2. The molecule has 1 aliphatic heterocycles. The average molecular weight is 254 g/mol. The maximum absolute atomic E-state index is 6.11. The molecule has 0 radical (unpaired) electrons. The van der Waals surface area contributed by atoms with Gasteiger partial charge in [0.15, 0.2) is 0 Å². The summed E-state index contributed by atoms with van der Waals surface area (Å²) in [6.07, 6.45) is 11.5. The van der Waals surface area contributed by atoms with Crippen molar-refractivity contribution in [3.63, 3.8) is 0 Å². The highest BCUT2D eigenvalue weighted by Crippen LogP contribution is 2.36. The van der Waals surface area contributed by atoms with Crippen molar-refractivity contribution < 1.29 is 9.47 Å². The van der Waals surface area contributed by atoms with Crippen LogP contribution >= 0.6 is 0 Å². The van der Waals surface area contributed by atoms with Crippen LogP contribution in [0.4, 0.5) is 0 Å². The highest BCUT2D eigenvalue weighted by atomic mass is 16.5. The number of hydrogen-bond donors (Lipinski definition) is 0. The molecule has 1 fully saturated rings. The van der Waals surface area contributed by atoms with E-state index < -0.39 is 0 Å². The summed E-state index contributed by atoms with van der Waals surface area (Å²) in [4.78, 5) is 0. The Balaban J connectivity index is 2.07. The first-order valence-corrected chi connectivity index (χ1v) is 7.42. The van der Waals surface area contributed by atoms with Gasteiger partial charge in [0, 0.05) is 13.7 Å². The van der Waals surface area contributed by atoms with Crippen LogP contribution in [-0.2, 0) is 9.47 Å². The maximum atomic E-state index is 6.11. The maximum Gasteiger partial charge on any atom is 0.0840 e. The average Bonchev–Trinajstić information content (AvgIpc) is 2.62. The summed E-state index contributed by atoms with van der Waals surface area (Å²) in [6, 6.07) is 0. The van der Waals surface area contributed by atoms with Gasteiger partial charge in [-0.05, 0) is 45.6 Å². The van der Waals surface area contributed by atoms with E-state index >= 15 is 0 Å². The zero-order chi connectivity index (χ0) is 13.4. The van der Waals surface area contributed by atoms with Gasteiger partial charge < -0.3 is 9.47 Å². The predicted octanol–water partition coefficient (Wildman–Crippen LogP) is 4.49. The van der Waals surface area contributed by atoms with Gasteiger partial charge in [-0.2, -0.15) is 0 Å². The van der Waals surface area contributed by atoms with Crippen molar-refractivity contribution in [1.82, 2.24) is 0 Å². The van der Waals surface area contributed by atoms with Gasteiger partial charge >= 0.3 is 0 Å². The number of ether oxygens (including phenoxy) is 2. The lowest BCUT2D eigenvalue weighted by atomic mass is 9.96. The highest BCUT2D eigenvalue weighted by molar-refractivity contribution is 5.18. The van der Waals surface area contributed by atoms with E-state index in [1.807, 2.05) is 0 Å². The molecule has 0 N–H and O–H groups in total. The van der Waals surface area contributed by atoms with Gasteiger partial charge in [-0.25, -0.2) is 0 Å². The molecule has 0 bridgehead atoms. The van der Waals surface area contributed by atoms with Crippen LogP contribution in [0.2, 0.25) is 0 Å². The van der Waals surface area contributed by atoms with Crippen LogP contribution in [0.5, 0.6) is 0 Å². The van der Waals surface area contributed by atoms with Crippen molar-refractivity contribution in [1.29, 1.82) is 0 Å². The van der Waals surface area contributed by atoms with E-state index in [0.717, 1.165) is 13.0 Å². The number of allylic oxidation sites excluding steroid dienone is 1. The smallest absolute Gasteiger partial charge is 0.0840 e. The fraction of sp³-hybridized carbons (Fsp3) is 0.875. The van der Waals surface area contributed by atoms with Gasteiger partial charge in [-0.15, -0.1) is 0 Å². The van der Waals surface area contributed by atoms with Gasteiger partial charge in [0.25, 0.3) is 0 Å². The molecule has 1 unspecified atom stereocenters. The monoisotopic (exact) mass is 254 g/mol. The lowest BCUT2D eigenvalue weighted by Crippen LogP contribution is -2.21. The van der Waals surface area contributed by atoms with Crippen LogP contribution in [0.15, 0.2) is 11.6 Å². The SMILES string of the molecule is C/C=C1\CC(CCCCCCCOC)OC1(C)C. The van der Waals surface area contributed by atoms with E-state index in [9.17, 15) is 0 Å². The summed E-state index contributed by atoms with van der Waals surface area (Å²) in [7, 11) is 1.78. The zero-order valence-electron chi connectivity index (χ0n) is 12.6. The van der Waals surface area contributed by atoms with Crippen molar-refractivity contribution >= 4 is 0 Å². The predicted molar refractivity (Wildman–Crippen MR) is 76.9 cm³/mol. The van der Waals surface area contributed by atoms with Crippen LogP contribution in [0.25, 0.3) is 0 Å². The molecule has 1 heterocycles. The lowest BCUT2D eigenvalue weighted by molar-refractivity contribution is -0.00782. The number of rotatable bonds is 8. The van der Waals surface area contributed by atoms with Crippen molar-refractivity contribution in [2.24, 2.45) is 0 Å². The molecule has 106 valence electrons. The first-order valence-electron chi connectivity index (χ1n) is 7.42. The van der Waals surface area contributed by atoms with Crippen molar-refractivity contribution in [2.45, 2.75) is 77.4 Å². The topological polar surface area (TPSA) is 18.5 Å². The van der Waals surface area contributed by atoms with Crippen molar-refractivity contribution in [3.05, 3.63) is 11.6 Å². The Bertz CT molecular complexity index is 256. The van der Waals surface area contributed by atoms with Crippen molar-refractivity contribution in [2.75, 3.05) is 13.7 Å². The third-order valence-electron chi connectivity index (χ3n) is 3.91. The van der Waals surface area contributed by atoms with Crippen LogP contribution < -0.4 is 0 Å². The Hall–Kier alpha value is -0.340. The van der Waals surface area contributed by atoms with E-state index in [4.69, 9.17) is 9.47 Å². The third-order valence-corrected chi connectivity index (χ3v) is 3.91. The van der Waals surface area contributed by atoms with Gasteiger partial charge in [-0.3, -0.25) is 0 Å². The van der Waals surface area contributed by atoms with Crippen molar-refractivity contribution in [3.8, 4) is 0 Å². The molecule has 0 saturated carbocycles. The van der Waals surface area contributed by atoms with Gasteiger partial charge in [0.1, 0.15) is 0 Å². The standard InChI is InChI=1S/C16H30O2/c1-5-14-13-15(18-16(14,2)3)11-9-7-6-8-10-12-17-4/h5,15H,6-13H2,1-4H3/b14-5+. The zero-order valence-corrected chi connectivity index (χ0v) is 12.6. The number of unbranched alkanes of at least 4 members (excludes halogenated alkanes) is 4. The quantitative estimate of drug-likeness (QED) is 0.469. The third kappa shape index (κ3) is 5.11. The molecule has 0 aromatic heterocycles. The molecular weight excluding hydrogens is 224 g/mol. The molecule has 1 saturated heterocycles. The summed E-state index contributed by atoms with van der Waals surface area (Å²) in [6.45, 7) is 7.41. The van der Waals surface area contributed by atoms with Gasteiger partial charge in [-0.1, -0.05) is 31.8 Å².